The fourth-order valence-electron chi connectivity index (χ4n) is 2.06. The van der Waals surface area contributed by atoms with E-state index in [0.29, 0.717) is 37.9 Å². The Morgan fingerprint density at radius 3 is 2.48 bits per heavy atom. The van der Waals surface area contributed by atoms with Crippen molar-refractivity contribution in [1.82, 2.24) is 4.90 Å². The van der Waals surface area contributed by atoms with E-state index in [1.54, 1.807) is 32.6 Å². The second-order valence-corrected chi connectivity index (χ2v) is 5.96. The highest BCUT2D eigenvalue weighted by Gasteiger charge is 2.25. The quantitative estimate of drug-likeness (QED) is 0.580. The molecule has 0 spiro atoms. The summed E-state index contributed by atoms with van der Waals surface area (Å²) >= 11 is 0. The number of carbonyl (C=O) groups excluding carboxylic acids is 2. The van der Waals surface area contributed by atoms with Crippen LogP contribution >= 0.6 is 0 Å². The fourth-order valence-corrected chi connectivity index (χ4v) is 2.06. The summed E-state index contributed by atoms with van der Waals surface area (Å²) < 4.78 is 23.9. The number of hydrogen-bond donors (Lipinski definition) is 0. The minimum atomic E-state index is -0.918. The van der Waals surface area contributed by atoms with E-state index in [9.17, 15) is 14.0 Å². The van der Waals surface area contributed by atoms with Crippen molar-refractivity contribution in [2.45, 2.75) is 52.6 Å². The van der Waals surface area contributed by atoms with Gasteiger partial charge in [0.15, 0.2) is 0 Å². The lowest BCUT2D eigenvalue weighted by atomic mass is 10.1. The summed E-state index contributed by atoms with van der Waals surface area (Å²) in [6.45, 7) is 8.01. The van der Waals surface area contributed by atoms with Gasteiger partial charge in [0, 0.05) is 13.1 Å². The van der Waals surface area contributed by atoms with Crippen molar-refractivity contribution in [2.75, 3.05) is 19.7 Å². The monoisotopic (exact) mass is 301 g/mol. The van der Waals surface area contributed by atoms with Crippen LogP contribution in [0.25, 0.3) is 0 Å². The molecule has 0 unspecified atom stereocenters. The highest BCUT2D eigenvalue weighted by atomic mass is 19.1. The van der Waals surface area contributed by atoms with Gasteiger partial charge >= 0.3 is 12.1 Å². The first-order valence-corrected chi connectivity index (χ1v) is 7.27. The Bertz CT molecular complexity index is 426. The largest absolute Gasteiger partial charge is 0.461 e. The summed E-state index contributed by atoms with van der Waals surface area (Å²) in [5.41, 5.74) is -0.141. The molecule has 1 aliphatic heterocycles. The van der Waals surface area contributed by atoms with Crippen LogP contribution in [-0.4, -0.2) is 42.3 Å². The number of esters is 1. The highest BCUT2D eigenvalue weighted by molar-refractivity contribution is 5.86. The Labute approximate surface area is 125 Å². The predicted molar refractivity (Wildman–Crippen MR) is 76.4 cm³/mol. The van der Waals surface area contributed by atoms with E-state index < -0.39 is 23.5 Å². The number of ether oxygens (including phenoxy) is 2. The van der Waals surface area contributed by atoms with Crippen molar-refractivity contribution in [2.24, 2.45) is 0 Å². The van der Waals surface area contributed by atoms with Crippen LogP contribution in [0.1, 0.15) is 47.0 Å². The van der Waals surface area contributed by atoms with Gasteiger partial charge in [-0.15, -0.1) is 0 Å². The SMILES string of the molecule is CCOC(=O)/C(F)=C1/CCCN(C(=O)OC(C)(C)C)CC1. The van der Waals surface area contributed by atoms with Crippen molar-refractivity contribution in [3.8, 4) is 0 Å². The van der Waals surface area contributed by atoms with E-state index in [4.69, 9.17) is 4.74 Å². The maximum absolute atomic E-state index is 13.9. The summed E-state index contributed by atoms with van der Waals surface area (Å²) in [5.74, 6) is -1.74. The number of likely N-dealkylation sites (tertiary alicyclic amines) is 1. The zero-order valence-electron chi connectivity index (χ0n) is 13.2. The molecule has 1 amide bonds. The van der Waals surface area contributed by atoms with Gasteiger partial charge in [0.2, 0.25) is 5.83 Å². The maximum atomic E-state index is 13.9. The van der Waals surface area contributed by atoms with Gasteiger partial charge in [-0.3, -0.25) is 0 Å². The van der Waals surface area contributed by atoms with E-state index in [1.165, 1.54) is 0 Å². The van der Waals surface area contributed by atoms with Gasteiger partial charge in [0.1, 0.15) is 5.60 Å². The molecular formula is C15H24FNO4. The molecule has 1 rings (SSSR count). The maximum Gasteiger partial charge on any atom is 0.410 e. The summed E-state index contributed by atoms with van der Waals surface area (Å²) in [7, 11) is 0. The van der Waals surface area contributed by atoms with Crippen molar-refractivity contribution in [3.63, 3.8) is 0 Å². The number of nitrogens with zero attached hydrogens (tertiary/aromatic N) is 1. The van der Waals surface area contributed by atoms with Gasteiger partial charge < -0.3 is 14.4 Å². The van der Waals surface area contributed by atoms with Crippen LogP contribution in [0.15, 0.2) is 11.4 Å². The van der Waals surface area contributed by atoms with E-state index in [-0.39, 0.29) is 6.61 Å². The highest BCUT2D eigenvalue weighted by Crippen LogP contribution is 2.23. The number of carbonyl (C=O) groups is 2. The zero-order valence-corrected chi connectivity index (χ0v) is 13.2. The molecule has 0 aromatic heterocycles. The van der Waals surface area contributed by atoms with E-state index in [0.717, 1.165) is 0 Å². The Balaban J connectivity index is 2.68. The first-order valence-electron chi connectivity index (χ1n) is 7.27. The molecule has 0 aromatic carbocycles. The lowest BCUT2D eigenvalue weighted by Gasteiger charge is -2.26. The first kappa shape index (κ1) is 17.5. The fraction of sp³-hybridized carbons (Fsp3) is 0.733. The number of halogens is 1. The zero-order chi connectivity index (χ0) is 16.0. The molecule has 0 bridgehead atoms. The smallest absolute Gasteiger partial charge is 0.410 e. The van der Waals surface area contributed by atoms with Gasteiger partial charge in [0.05, 0.1) is 6.61 Å². The minimum absolute atomic E-state index is 0.142. The van der Waals surface area contributed by atoms with Gasteiger partial charge in [0.25, 0.3) is 0 Å². The van der Waals surface area contributed by atoms with Crippen molar-refractivity contribution >= 4 is 12.1 Å². The Hall–Kier alpha value is -1.59. The minimum Gasteiger partial charge on any atom is -0.461 e. The summed E-state index contributed by atoms with van der Waals surface area (Å²) in [5, 5.41) is 0. The average molecular weight is 301 g/mol. The van der Waals surface area contributed by atoms with Gasteiger partial charge in [-0.1, -0.05) is 0 Å². The third-order valence-electron chi connectivity index (χ3n) is 3.01. The van der Waals surface area contributed by atoms with Crippen LogP contribution in [0, 0.1) is 0 Å². The van der Waals surface area contributed by atoms with E-state index >= 15 is 0 Å². The third kappa shape index (κ3) is 5.73. The molecule has 0 radical (unpaired) electrons. The number of amides is 1. The lowest BCUT2D eigenvalue weighted by Crippen LogP contribution is -2.37. The Morgan fingerprint density at radius 1 is 1.24 bits per heavy atom. The second-order valence-electron chi connectivity index (χ2n) is 5.96. The van der Waals surface area contributed by atoms with Crippen LogP contribution in [-0.2, 0) is 14.3 Å². The van der Waals surface area contributed by atoms with Gasteiger partial charge in [-0.2, -0.15) is 4.39 Å². The molecule has 5 nitrogen and oxygen atoms in total. The molecule has 0 atom stereocenters. The third-order valence-corrected chi connectivity index (χ3v) is 3.01. The van der Waals surface area contributed by atoms with Crippen LogP contribution in [0.4, 0.5) is 9.18 Å². The van der Waals surface area contributed by atoms with Crippen LogP contribution in [0.3, 0.4) is 0 Å². The molecule has 1 saturated heterocycles. The number of rotatable bonds is 2. The normalized spacial score (nSPS) is 18.8. The summed E-state index contributed by atoms with van der Waals surface area (Å²) in [4.78, 5) is 24.9. The summed E-state index contributed by atoms with van der Waals surface area (Å²) in [6.07, 6.45) is 0.968. The van der Waals surface area contributed by atoms with Crippen molar-refractivity contribution in [1.29, 1.82) is 0 Å². The van der Waals surface area contributed by atoms with Crippen LogP contribution < -0.4 is 0 Å². The second kappa shape index (κ2) is 7.43. The molecule has 0 aromatic rings. The van der Waals surface area contributed by atoms with E-state index in [1.807, 2.05) is 0 Å². The molecule has 0 N–H and O–H groups in total. The standard InChI is InChI=1S/C15H24FNO4/c1-5-20-13(18)12(16)11-7-6-9-17(10-8-11)14(19)21-15(2,3)4/h5-10H2,1-4H3/b12-11+. The van der Waals surface area contributed by atoms with Crippen LogP contribution in [0.5, 0.6) is 0 Å². The number of hydrogen-bond acceptors (Lipinski definition) is 4. The van der Waals surface area contributed by atoms with Crippen molar-refractivity contribution in [3.05, 3.63) is 11.4 Å². The average Bonchev–Trinajstić information content (AvgIpc) is 2.61. The Morgan fingerprint density at radius 2 is 1.90 bits per heavy atom. The lowest BCUT2D eigenvalue weighted by molar-refractivity contribution is -0.140. The molecule has 1 heterocycles. The molecule has 0 aliphatic carbocycles. The van der Waals surface area contributed by atoms with Crippen molar-refractivity contribution < 1.29 is 23.5 Å². The summed E-state index contributed by atoms with van der Waals surface area (Å²) in [6, 6.07) is 0. The first-order chi connectivity index (χ1) is 9.74. The predicted octanol–water partition coefficient (Wildman–Crippen LogP) is 3.19. The molecule has 21 heavy (non-hydrogen) atoms. The molecule has 120 valence electrons. The van der Waals surface area contributed by atoms with Gasteiger partial charge in [-0.25, -0.2) is 9.59 Å². The van der Waals surface area contributed by atoms with E-state index in [2.05, 4.69) is 4.74 Å². The Kier molecular flexibility index (Phi) is 6.18. The topological polar surface area (TPSA) is 55.8 Å². The molecular weight excluding hydrogens is 277 g/mol. The van der Waals surface area contributed by atoms with Gasteiger partial charge in [-0.05, 0) is 52.5 Å². The molecule has 0 saturated carbocycles. The molecule has 6 heteroatoms. The molecule has 1 fully saturated rings. The molecule has 1 aliphatic rings. The van der Waals surface area contributed by atoms with Crippen LogP contribution in [0.2, 0.25) is 0 Å².